The van der Waals surface area contributed by atoms with Crippen LogP contribution in [0.4, 0.5) is 10.8 Å². The second-order valence-corrected chi connectivity index (χ2v) is 8.90. The van der Waals surface area contributed by atoms with Crippen LogP contribution in [0.2, 0.25) is 0 Å². The van der Waals surface area contributed by atoms with E-state index < -0.39 is 0 Å². The summed E-state index contributed by atoms with van der Waals surface area (Å²) in [6.07, 6.45) is 6.34. The third-order valence-corrected chi connectivity index (χ3v) is 5.85. The molecule has 8 nitrogen and oxygen atoms in total. The van der Waals surface area contributed by atoms with Crippen LogP contribution in [-0.2, 0) is 22.4 Å². The highest BCUT2D eigenvalue weighted by Gasteiger charge is 2.24. The van der Waals surface area contributed by atoms with Crippen LogP contribution in [0.3, 0.4) is 0 Å². The minimum absolute atomic E-state index is 0.0749. The number of morpholine rings is 1. The molecule has 3 aromatic rings. The van der Waals surface area contributed by atoms with Gasteiger partial charge in [0.05, 0.1) is 18.9 Å². The standard InChI is InChI=1S/C22H28N6O2S/c1-15-8-18(27-22-25-10-16(2)31-22)9-19(26-15)20-14-28(5-7-30-20)13-17-11-23-21(24-12-17)4-6-29-3/h8-12,20H,4-7,13-14H2,1-3H3,(H,25,26,27)/t20-/m1/s1. The van der Waals surface area contributed by atoms with Gasteiger partial charge in [-0.3, -0.25) is 9.88 Å². The molecule has 0 aromatic carbocycles. The average Bonchev–Trinajstić information content (AvgIpc) is 3.17. The van der Waals surface area contributed by atoms with Crippen LogP contribution in [0.25, 0.3) is 0 Å². The fraction of sp³-hybridized carbons (Fsp3) is 0.455. The lowest BCUT2D eigenvalue weighted by molar-refractivity contribution is -0.0350. The number of aromatic nitrogens is 4. The Morgan fingerprint density at radius 1 is 1.19 bits per heavy atom. The Balaban J connectivity index is 1.41. The molecule has 164 valence electrons. The molecule has 0 unspecified atom stereocenters. The predicted octanol–water partition coefficient (Wildman–Crippen LogP) is 3.45. The number of thiazole rings is 1. The quantitative estimate of drug-likeness (QED) is 0.570. The second-order valence-electron chi connectivity index (χ2n) is 7.67. The van der Waals surface area contributed by atoms with Crippen LogP contribution < -0.4 is 5.32 Å². The van der Waals surface area contributed by atoms with Crippen LogP contribution in [-0.4, -0.2) is 58.2 Å². The third-order valence-electron chi connectivity index (χ3n) is 5.02. The molecule has 0 spiro atoms. The minimum atomic E-state index is -0.0749. The predicted molar refractivity (Wildman–Crippen MR) is 121 cm³/mol. The molecule has 1 saturated heterocycles. The van der Waals surface area contributed by atoms with Gasteiger partial charge in [0.25, 0.3) is 0 Å². The van der Waals surface area contributed by atoms with Gasteiger partial charge in [-0.25, -0.2) is 15.0 Å². The van der Waals surface area contributed by atoms with Gasteiger partial charge >= 0.3 is 0 Å². The molecule has 1 aliphatic rings. The third kappa shape index (κ3) is 6.04. The summed E-state index contributed by atoms with van der Waals surface area (Å²) in [6, 6.07) is 4.09. The fourth-order valence-electron chi connectivity index (χ4n) is 3.54. The number of pyridine rings is 1. The van der Waals surface area contributed by atoms with E-state index in [1.807, 2.05) is 31.6 Å². The highest BCUT2D eigenvalue weighted by Crippen LogP contribution is 2.27. The number of nitrogens with one attached hydrogen (secondary N) is 1. The molecular formula is C22H28N6O2S. The van der Waals surface area contributed by atoms with Crippen LogP contribution in [0, 0.1) is 13.8 Å². The van der Waals surface area contributed by atoms with E-state index in [4.69, 9.17) is 14.5 Å². The van der Waals surface area contributed by atoms with Gasteiger partial charge in [0, 0.05) is 73.6 Å². The highest BCUT2D eigenvalue weighted by atomic mass is 32.1. The maximum absolute atomic E-state index is 6.07. The SMILES string of the molecule is COCCc1ncc(CN2CCO[C@@H](c3cc(Nc4ncc(C)s4)cc(C)n3)C2)cn1. The first-order valence-corrected chi connectivity index (χ1v) is 11.2. The van der Waals surface area contributed by atoms with E-state index in [1.54, 1.807) is 18.4 Å². The first kappa shape index (κ1) is 21.8. The lowest BCUT2D eigenvalue weighted by atomic mass is 10.1. The Bertz CT molecular complexity index is 994. The Kier molecular flexibility index (Phi) is 7.18. The molecule has 0 radical (unpaired) electrons. The van der Waals surface area contributed by atoms with Crippen molar-refractivity contribution < 1.29 is 9.47 Å². The number of nitrogens with zero attached hydrogens (tertiary/aromatic N) is 5. The summed E-state index contributed by atoms with van der Waals surface area (Å²) < 4.78 is 11.2. The average molecular weight is 441 g/mol. The van der Waals surface area contributed by atoms with Gasteiger partial charge in [-0.2, -0.15) is 0 Å². The molecule has 0 amide bonds. The zero-order valence-electron chi connectivity index (χ0n) is 18.2. The number of rotatable bonds is 8. The number of methoxy groups -OCH3 is 1. The zero-order valence-corrected chi connectivity index (χ0v) is 19.0. The van der Waals surface area contributed by atoms with Crippen LogP contribution in [0.15, 0.2) is 30.7 Å². The van der Waals surface area contributed by atoms with Crippen molar-refractivity contribution in [1.82, 2.24) is 24.8 Å². The van der Waals surface area contributed by atoms with Crippen LogP contribution in [0.5, 0.6) is 0 Å². The van der Waals surface area contributed by atoms with E-state index in [-0.39, 0.29) is 6.10 Å². The number of anilines is 2. The number of ether oxygens (including phenoxy) is 2. The Labute approximate surface area is 186 Å². The second kappa shape index (κ2) is 10.2. The highest BCUT2D eigenvalue weighted by molar-refractivity contribution is 7.15. The molecule has 0 bridgehead atoms. The Morgan fingerprint density at radius 2 is 2.03 bits per heavy atom. The summed E-state index contributed by atoms with van der Waals surface area (Å²) in [4.78, 5) is 21.6. The normalized spacial score (nSPS) is 17.1. The molecule has 0 saturated carbocycles. The smallest absolute Gasteiger partial charge is 0.187 e. The molecule has 31 heavy (non-hydrogen) atoms. The molecular weight excluding hydrogens is 412 g/mol. The van der Waals surface area contributed by atoms with Crippen LogP contribution in [0.1, 0.15) is 33.8 Å². The molecule has 3 aromatic heterocycles. The summed E-state index contributed by atoms with van der Waals surface area (Å²) in [7, 11) is 1.69. The zero-order chi connectivity index (χ0) is 21.6. The summed E-state index contributed by atoms with van der Waals surface area (Å²) >= 11 is 1.64. The molecule has 9 heteroatoms. The number of hydrogen-bond acceptors (Lipinski definition) is 9. The monoisotopic (exact) mass is 440 g/mol. The van der Waals surface area contributed by atoms with Gasteiger partial charge < -0.3 is 14.8 Å². The summed E-state index contributed by atoms with van der Waals surface area (Å²) in [6.45, 7) is 7.79. The van der Waals surface area contributed by atoms with Crippen molar-refractivity contribution in [3.8, 4) is 0 Å². The van der Waals surface area contributed by atoms with E-state index in [9.17, 15) is 0 Å². The van der Waals surface area contributed by atoms with Gasteiger partial charge in [0.1, 0.15) is 11.9 Å². The van der Waals surface area contributed by atoms with Crippen molar-refractivity contribution >= 4 is 22.2 Å². The molecule has 4 rings (SSSR count). The lowest BCUT2D eigenvalue weighted by Gasteiger charge is -2.32. The van der Waals surface area contributed by atoms with Crippen molar-refractivity contribution in [1.29, 1.82) is 0 Å². The van der Waals surface area contributed by atoms with Crippen molar-refractivity contribution in [3.05, 3.63) is 58.4 Å². The minimum Gasteiger partial charge on any atom is -0.384 e. The summed E-state index contributed by atoms with van der Waals surface area (Å²) in [5, 5.41) is 4.27. The van der Waals surface area contributed by atoms with E-state index in [2.05, 4.69) is 38.2 Å². The van der Waals surface area contributed by atoms with E-state index in [1.165, 1.54) is 4.88 Å². The first-order valence-electron chi connectivity index (χ1n) is 10.4. The Morgan fingerprint density at radius 3 is 2.77 bits per heavy atom. The van der Waals surface area contributed by atoms with Gasteiger partial charge in [0.2, 0.25) is 0 Å². The first-order chi connectivity index (χ1) is 15.1. The Hall–Kier alpha value is -2.46. The van der Waals surface area contributed by atoms with E-state index in [0.29, 0.717) is 13.2 Å². The van der Waals surface area contributed by atoms with Crippen molar-refractivity contribution in [2.75, 3.05) is 38.7 Å². The van der Waals surface area contributed by atoms with Gasteiger partial charge in [-0.1, -0.05) is 0 Å². The summed E-state index contributed by atoms with van der Waals surface area (Å²) in [5.41, 5.74) is 3.97. The number of hydrogen-bond donors (Lipinski definition) is 1. The van der Waals surface area contributed by atoms with Gasteiger partial charge in [-0.15, -0.1) is 11.3 Å². The van der Waals surface area contributed by atoms with Crippen LogP contribution >= 0.6 is 11.3 Å². The van der Waals surface area contributed by atoms with Gasteiger partial charge in [-0.05, 0) is 26.0 Å². The topological polar surface area (TPSA) is 85.3 Å². The van der Waals surface area contributed by atoms with E-state index in [0.717, 1.165) is 59.6 Å². The fourth-order valence-corrected chi connectivity index (χ4v) is 4.22. The van der Waals surface area contributed by atoms with Gasteiger partial charge in [0.15, 0.2) is 5.13 Å². The molecule has 1 aliphatic heterocycles. The summed E-state index contributed by atoms with van der Waals surface area (Å²) in [5.74, 6) is 0.810. The molecule has 1 atom stereocenters. The van der Waals surface area contributed by atoms with Crippen molar-refractivity contribution in [3.63, 3.8) is 0 Å². The van der Waals surface area contributed by atoms with Crippen molar-refractivity contribution in [2.24, 2.45) is 0 Å². The molecule has 0 aliphatic carbocycles. The van der Waals surface area contributed by atoms with Crippen molar-refractivity contribution in [2.45, 2.75) is 32.9 Å². The van der Waals surface area contributed by atoms with E-state index >= 15 is 0 Å². The lowest BCUT2D eigenvalue weighted by Crippen LogP contribution is -2.38. The largest absolute Gasteiger partial charge is 0.384 e. The molecule has 1 N–H and O–H groups in total. The molecule has 1 fully saturated rings. The molecule has 4 heterocycles. The maximum atomic E-state index is 6.07. The maximum Gasteiger partial charge on any atom is 0.187 e. The number of aryl methyl sites for hydroxylation is 2.